The highest BCUT2D eigenvalue weighted by molar-refractivity contribution is 9.10. The number of carbonyl (C=O) groups excluding carboxylic acids is 1. The number of amides is 1. The highest BCUT2D eigenvalue weighted by Crippen LogP contribution is 2.13. The predicted molar refractivity (Wildman–Crippen MR) is 109 cm³/mol. The van der Waals surface area contributed by atoms with Crippen molar-refractivity contribution in [2.45, 2.75) is 19.8 Å². The number of nitrogens with one attached hydrogen (secondary N) is 2. The largest absolute Gasteiger partial charge is 0.381 e. The minimum Gasteiger partial charge on any atom is -0.381 e. The second-order valence-electron chi connectivity index (χ2n) is 6.46. The van der Waals surface area contributed by atoms with Gasteiger partial charge in [0.2, 0.25) is 0 Å². The molecule has 1 saturated heterocycles. The van der Waals surface area contributed by atoms with E-state index in [1.165, 1.54) is 0 Å². The van der Waals surface area contributed by atoms with Gasteiger partial charge in [-0.2, -0.15) is 0 Å². The molecule has 7 heteroatoms. The SMILES string of the molecule is CCNC(=NCCCNC(=O)c1ccc(Br)cc1)N(C)CC1CCOC1. The molecule has 0 saturated carbocycles. The molecule has 0 bridgehead atoms. The molecule has 1 heterocycles. The van der Waals surface area contributed by atoms with Crippen LogP contribution in [0.5, 0.6) is 0 Å². The molecule has 0 aliphatic carbocycles. The Kier molecular flexibility index (Phi) is 8.91. The van der Waals surface area contributed by atoms with Crippen molar-refractivity contribution in [1.82, 2.24) is 15.5 Å². The zero-order valence-electron chi connectivity index (χ0n) is 15.6. The molecule has 6 nitrogen and oxygen atoms in total. The number of guanidine groups is 1. The standard InChI is InChI=1S/C19H29BrN4O2/c1-3-21-19(24(2)13-15-9-12-26-14-15)23-11-4-10-22-18(25)16-5-7-17(20)8-6-16/h5-8,15H,3-4,9-14H2,1-2H3,(H,21,23)(H,22,25). The van der Waals surface area contributed by atoms with E-state index < -0.39 is 0 Å². The molecule has 1 atom stereocenters. The Morgan fingerprint density at radius 3 is 2.77 bits per heavy atom. The molecule has 1 fully saturated rings. The van der Waals surface area contributed by atoms with Gasteiger partial charge in [0.25, 0.3) is 5.91 Å². The van der Waals surface area contributed by atoms with Gasteiger partial charge in [-0.15, -0.1) is 0 Å². The van der Waals surface area contributed by atoms with Crippen LogP contribution in [0.25, 0.3) is 0 Å². The lowest BCUT2D eigenvalue weighted by Gasteiger charge is -2.24. The first-order chi connectivity index (χ1) is 12.6. The van der Waals surface area contributed by atoms with Gasteiger partial charge in [0.05, 0.1) is 6.61 Å². The number of benzene rings is 1. The maximum atomic E-state index is 12.1. The maximum absolute atomic E-state index is 12.1. The van der Waals surface area contributed by atoms with Gasteiger partial charge in [-0.3, -0.25) is 9.79 Å². The van der Waals surface area contributed by atoms with Gasteiger partial charge >= 0.3 is 0 Å². The van der Waals surface area contributed by atoms with Crippen molar-refractivity contribution in [2.75, 3.05) is 46.4 Å². The summed E-state index contributed by atoms with van der Waals surface area (Å²) in [4.78, 5) is 18.9. The van der Waals surface area contributed by atoms with E-state index in [9.17, 15) is 4.79 Å². The van der Waals surface area contributed by atoms with Crippen molar-refractivity contribution >= 4 is 27.8 Å². The van der Waals surface area contributed by atoms with Gasteiger partial charge in [0.1, 0.15) is 0 Å². The van der Waals surface area contributed by atoms with Crippen LogP contribution in [-0.4, -0.2) is 63.2 Å². The Balaban J connectivity index is 1.72. The molecule has 26 heavy (non-hydrogen) atoms. The molecular weight excluding hydrogens is 396 g/mol. The van der Waals surface area contributed by atoms with E-state index in [-0.39, 0.29) is 5.91 Å². The second kappa shape index (κ2) is 11.2. The van der Waals surface area contributed by atoms with Crippen molar-refractivity contribution in [3.05, 3.63) is 34.3 Å². The summed E-state index contributed by atoms with van der Waals surface area (Å²) in [6.45, 7) is 6.85. The molecule has 1 unspecified atom stereocenters. The van der Waals surface area contributed by atoms with Crippen LogP contribution in [0, 0.1) is 5.92 Å². The lowest BCUT2D eigenvalue weighted by molar-refractivity contribution is 0.0953. The van der Waals surface area contributed by atoms with Crippen molar-refractivity contribution in [1.29, 1.82) is 0 Å². The van der Waals surface area contributed by atoms with E-state index >= 15 is 0 Å². The van der Waals surface area contributed by atoms with Crippen molar-refractivity contribution in [2.24, 2.45) is 10.9 Å². The normalized spacial score (nSPS) is 17.2. The van der Waals surface area contributed by atoms with E-state index in [0.717, 1.165) is 49.6 Å². The zero-order valence-corrected chi connectivity index (χ0v) is 17.2. The van der Waals surface area contributed by atoms with Gasteiger partial charge in [-0.1, -0.05) is 15.9 Å². The quantitative estimate of drug-likeness (QED) is 0.382. The van der Waals surface area contributed by atoms with E-state index in [4.69, 9.17) is 4.74 Å². The summed E-state index contributed by atoms with van der Waals surface area (Å²) in [5, 5.41) is 6.27. The lowest BCUT2D eigenvalue weighted by atomic mass is 10.1. The minimum absolute atomic E-state index is 0.0493. The molecule has 0 radical (unpaired) electrons. The maximum Gasteiger partial charge on any atom is 0.251 e. The first-order valence-corrected chi connectivity index (χ1v) is 10.0. The van der Waals surface area contributed by atoms with Crippen LogP contribution < -0.4 is 10.6 Å². The Bertz CT molecular complexity index is 586. The molecule has 0 spiro atoms. The van der Waals surface area contributed by atoms with Crippen LogP contribution in [0.1, 0.15) is 30.1 Å². The van der Waals surface area contributed by atoms with E-state index in [1.807, 2.05) is 24.3 Å². The summed E-state index contributed by atoms with van der Waals surface area (Å²) in [5.41, 5.74) is 0.670. The second-order valence-corrected chi connectivity index (χ2v) is 7.38. The summed E-state index contributed by atoms with van der Waals surface area (Å²) in [7, 11) is 2.06. The Hall–Kier alpha value is -1.60. The van der Waals surface area contributed by atoms with Crippen LogP contribution in [0.15, 0.2) is 33.7 Å². The van der Waals surface area contributed by atoms with Crippen LogP contribution >= 0.6 is 15.9 Å². The van der Waals surface area contributed by atoms with Crippen molar-refractivity contribution in [3.63, 3.8) is 0 Å². The molecule has 144 valence electrons. The Labute approximate surface area is 164 Å². The molecule has 1 amide bonds. The van der Waals surface area contributed by atoms with Gasteiger partial charge in [-0.05, 0) is 44.0 Å². The van der Waals surface area contributed by atoms with E-state index in [0.29, 0.717) is 24.6 Å². The topological polar surface area (TPSA) is 66.0 Å². The molecule has 1 aliphatic rings. The average Bonchev–Trinajstić information content (AvgIpc) is 3.13. The van der Waals surface area contributed by atoms with Crippen LogP contribution in [0.3, 0.4) is 0 Å². The summed E-state index contributed by atoms with van der Waals surface area (Å²) in [6, 6.07) is 7.35. The van der Waals surface area contributed by atoms with E-state index in [2.05, 4.69) is 50.4 Å². The number of nitrogens with zero attached hydrogens (tertiary/aromatic N) is 2. The summed E-state index contributed by atoms with van der Waals surface area (Å²) in [6.07, 6.45) is 1.92. The Morgan fingerprint density at radius 2 is 2.12 bits per heavy atom. The highest BCUT2D eigenvalue weighted by Gasteiger charge is 2.18. The van der Waals surface area contributed by atoms with Gasteiger partial charge < -0.3 is 20.3 Å². The molecule has 2 rings (SSSR count). The monoisotopic (exact) mass is 424 g/mol. The number of ether oxygens (including phenoxy) is 1. The van der Waals surface area contributed by atoms with Crippen molar-refractivity contribution in [3.8, 4) is 0 Å². The first-order valence-electron chi connectivity index (χ1n) is 9.21. The fourth-order valence-electron chi connectivity index (χ4n) is 2.84. The number of hydrogen-bond acceptors (Lipinski definition) is 3. The third-order valence-electron chi connectivity index (χ3n) is 4.24. The molecule has 1 aromatic carbocycles. The lowest BCUT2D eigenvalue weighted by Crippen LogP contribution is -2.41. The predicted octanol–water partition coefficient (Wildman–Crippen LogP) is 2.50. The highest BCUT2D eigenvalue weighted by atomic mass is 79.9. The summed E-state index contributed by atoms with van der Waals surface area (Å²) < 4.78 is 6.41. The molecular formula is C19H29BrN4O2. The van der Waals surface area contributed by atoms with Crippen LogP contribution in [-0.2, 0) is 4.74 Å². The molecule has 2 N–H and O–H groups in total. The van der Waals surface area contributed by atoms with Gasteiger partial charge in [0, 0.05) is 55.8 Å². The Morgan fingerprint density at radius 1 is 1.35 bits per heavy atom. The zero-order chi connectivity index (χ0) is 18.8. The summed E-state index contributed by atoms with van der Waals surface area (Å²) in [5.74, 6) is 1.44. The van der Waals surface area contributed by atoms with Crippen molar-refractivity contribution < 1.29 is 9.53 Å². The number of halogens is 1. The molecule has 1 aliphatic heterocycles. The van der Waals surface area contributed by atoms with Crippen LogP contribution in [0.4, 0.5) is 0 Å². The fraction of sp³-hybridized carbons (Fsp3) is 0.579. The summed E-state index contributed by atoms with van der Waals surface area (Å²) >= 11 is 3.37. The van der Waals surface area contributed by atoms with Gasteiger partial charge in [0.15, 0.2) is 5.96 Å². The third-order valence-corrected chi connectivity index (χ3v) is 4.77. The first kappa shape index (κ1) is 20.7. The number of hydrogen-bond donors (Lipinski definition) is 2. The average molecular weight is 425 g/mol. The third kappa shape index (κ3) is 6.96. The molecule has 1 aromatic rings. The van der Waals surface area contributed by atoms with Crippen LogP contribution in [0.2, 0.25) is 0 Å². The number of carbonyl (C=O) groups is 1. The molecule has 0 aromatic heterocycles. The van der Waals surface area contributed by atoms with E-state index in [1.54, 1.807) is 0 Å². The fourth-order valence-corrected chi connectivity index (χ4v) is 3.10. The number of rotatable bonds is 8. The van der Waals surface area contributed by atoms with Gasteiger partial charge in [-0.25, -0.2) is 0 Å². The smallest absolute Gasteiger partial charge is 0.251 e. The number of aliphatic imine (C=N–C) groups is 1. The minimum atomic E-state index is -0.0493.